The molecule has 1 aromatic carbocycles. The van der Waals surface area contributed by atoms with Crippen molar-refractivity contribution >= 4 is 11.6 Å². The van der Waals surface area contributed by atoms with Gasteiger partial charge in [-0.05, 0) is 49.4 Å². The van der Waals surface area contributed by atoms with Crippen LogP contribution in [0.3, 0.4) is 0 Å². The number of benzene rings is 1. The van der Waals surface area contributed by atoms with Gasteiger partial charge in [-0.15, -0.1) is 0 Å². The van der Waals surface area contributed by atoms with E-state index in [0.29, 0.717) is 23.4 Å². The third-order valence-corrected chi connectivity index (χ3v) is 3.58. The lowest BCUT2D eigenvalue weighted by Crippen LogP contribution is -2.39. The lowest BCUT2D eigenvalue weighted by atomic mass is 9.80. The molecule has 2 atom stereocenters. The molecule has 1 aromatic rings. The highest BCUT2D eigenvalue weighted by molar-refractivity contribution is 6.30. The Morgan fingerprint density at radius 3 is 2.94 bits per heavy atom. The Balaban J connectivity index is 2.16. The van der Waals surface area contributed by atoms with Crippen LogP contribution in [0.5, 0.6) is 0 Å². The molecule has 94 valence electrons. The van der Waals surface area contributed by atoms with Gasteiger partial charge in [-0.1, -0.05) is 11.6 Å². The standard InChI is InChI=1S/C13H16ClF2N/c14-10-3-4-12(15)9(6-10)7-13(16)5-1-2-11(17)8-13/h3-4,6,11H,1-2,5,7-8,17H2. The summed E-state index contributed by atoms with van der Waals surface area (Å²) >= 11 is 5.79. The highest BCUT2D eigenvalue weighted by Crippen LogP contribution is 2.35. The number of nitrogens with two attached hydrogens (primary N) is 1. The van der Waals surface area contributed by atoms with Crippen molar-refractivity contribution in [3.63, 3.8) is 0 Å². The minimum absolute atomic E-state index is 0.0626. The largest absolute Gasteiger partial charge is 0.328 e. The fourth-order valence-corrected chi connectivity index (χ4v) is 2.73. The van der Waals surface area contributed by atoms with E-state index in [1.54, 1.807) is 0 Å². The third-order valence-electron chi connectivity index (χ3n) is 3.34. The fraction of sp³-hybridized carbons (Fsp3) is 0.538. The van der Waals surface area contributed by atoms with E-state index in [4.69, 9.17) is 17.3 Å². The lowest BCUT2D eigenvalue weighted by molar-refractivity contribution is 0.0955. The van der Waals surface area contributed by atoms with E-state index in [2.05, 4.69) is 0 Å². The van der Waals surface area contributed by atoms with Crippen LogP contribution in [0, 0.1) is 5.82 Å². The van der Waals surface area contributed by atoms with Gasteiger partial charge in [0, 0.05) is 17.5 Å². The molecule has 1 aliphatic carbocycles. The number of rotatable bonds is 2. The number of hydrogen-bond donors (Lipinski definition) is 1. The van der Waals surface area contributed by atoms with Crippen molar-refractivity contribution in [1.29, 1.82) is 0 Å². The molecule has 2 unspecified atom stereocenters. The third kappa shape index (κ3) is 3.17. The summed E-state index contributed by atoms with van der Waals surface area (Å²) in [5.41, 5.74) is 4.73. The Morgan fingerprint density at radius 1 is 1.47 bits per heavy atom. The van der Waals surface area contributed by atoms with Crippen molar-refractivity contribution in [2.75, 3.05) is 0 Å². The van der Waals surface area contributed by atoms with Crippen molar-refractivity contribution in [1.82, 2.24) is 0 Å². The summed E-state index contributed by atoms with van der Waals surface area (Å²) in [5, 5.41) is 0.435. The highest BCUT2D eigenvalue weighted by atomic mass is 35.5. The Bertz CT molecular complexity index is 410. The Hall–Kier alpha value is -0.670. The molecule has 0 spiro atoms. The average Bonchev–Trinajstić information content (AvgIpc) is 2.22. The van der Waals surface area contributed by atoms with Gasteiger partial charge in [0.05, 0.1) is 0 Å². The van der Waals surface area contributed by atoms with Gasteiger partial charge in [0.15, 0.2) is 0 Å². The van der Waals surface area contributed by atoms with Crippen molar-refractivity contribution < 1.29 is 8.78 Å². The van der Waals surface area contributed by atoms with E-state index >= 15 is 0 Å². The average molecular weight is 260 g/mol. The smallest absolute Gasteiger partial charge is 0.126 e. The topological polar surface area (TPSA) is 26.0 Å². The molecular weight excluding hydrogens is 244 g/mol. The second kappa shape index (κ2) is 4.91. The van der Waals surface area contributed by atoms with Crippen LogP contribution in [0.4, 0.5) is 8.78 Å². The van der Waals surface area contributed by atoms with Gasteiger partial charge in [-0.2, -0.15) is 0 Å². The SMILES string of the molecule is NC1CCCC(F)(Cc2cc(Cl)ccc2F)C1. The summed E-state index contributed by atoms with van der Waals surface area (Å²) in [4.78, 5) is 0. The summed E-state index contributed by atoms with van der Waals surface area (Å²) in [6.07, 6.45) is 2.43. The van der Waals surface area contributed by atoms with E-state index in [0.717, 1.165) is 12.8 Å². The predicted octanol–water partition coefficient (Wildman–Crippen LogP) is 3.63. The first-order chi connectivity index (χ1) is 7.98. The van der Waals surface area contributed by atoms with Crippen molar-refractivity contribution in [3.8, 4) is 0 Å². The van der Waals surface area contributed by atoms with Crippen LogP contribution in [0.2, 0.25) is 5.02 Å². The highest BCUT2D eigenvalue weighted by Gasteiger charge is 2.35. The zero-order valence-corrected chi connectivity index (χ0v) is 10.3. The van der Waals surface area contributed by atoms with E-state index in [1.165, 1.54) is 18.2 Å². The summed E-state index contributed by atoms with van der Waals surface area (Å²) in [6.45, 7) is 0. The van der Waals surface area contributed by atoms with Crippen molar-refractivity contribution in [2.45, 2.75) is 43.8 Å². The molecule has 0 saturated heterocycles. The fourth-order valence-electron chi connectivity index (χ4n) is 2.54. The Kier molecular flexibility index (Phi) is 3.69. The zero-order valence-electron chi connectivity index (χ0n) is 9.56. The van der Waals surface area contributed by atoms with Gasteiger partial charge in [-0.3, -0.25) is 0 Å². The van der Waals surface area contributed by atoms with E-state index in [-0.39, 0.29) is 12.5 Å². The van der Waals surface area contributed by atoms with Gasteiger partial charge in [-0.25, -0.2) is 8.78 Å². The second-order valence-electron chi connectivity index (χ2n) is 4.92. The second-order valence-corrected chi connectivity index (χ2v) is 5.36. The molecule has 1 nitrogen and oxygen atoms in total. The maximum Gasteiger partial charge on any atom is 0.126 e. The predicted molar refractivity (Wildman–Crippen MR) is 65.4 cm³/mol. The first kappa shape index (κ1) is 12.8. The molecule has 17 heavy (non-hydrogen) atoms. The van der Waals surface area contributed by atoms with Crippen LogP contribution in [0.25, 0.3) is 0 Å². The molecule has 0 aromatic heterocycles. The molecule has 0 bridgehead atoms. The van der Waals surface area contributed by atoms with E-state index < -0.39 is 11.5 Å². The molecule has 1 saturated carbocycles. The quantitative estimate of drug-likeness (QED) is 0.862. The molecule has 1 aliphatic rings. The lowest BCUT2D eigenvalue weighted by Gasteiger charge is -2.33. The van der Waals surface area contributed by atoms with Gasteiger partial charge in [0.2, 0.25) is 0 Å². The molecule has 4 heteroatoms. The van der Waals surface area contributed by atoms with Gasteiger partial charge in [0.1, 0.15) is 11.5 Å². The summed E-state index contributed by atoms with van der Waals surface area (Å²) in [7, 11) is 0. The van der Waals surface area contributed by atoms with Crippen LogP contribution in [-0.4, -0.2) is 11.7 Å². The van der Waals surface area contributed by atoms with Crippen LogP contribution in [0.15, 0.2) is 18.2 Å². The Morgan fingerprint density at radius 2 is 2.24 bits per heavy atom. The first-order valence-electron chi connectivity index (χ1n) is 5.87. The molecule has 2 N–H and O–H groups in total. The van der Waals surface area contributed by atoms with Crippen molar-refractivity contribution in [3.05, 3.63) is 34.6 Å². The van der Waals surface area contributed by atoms with Crippen LogP contribution >= 0.6 is 11.6 Å². The normalized spacial score (nSPS) is 29.3. The van der Waals surface area contributed by atoms with Crippen molar-refractivity contribution in [2.24, 2.45) is 5.73 Å². The Labute approximate surface area is 105 Å². The molecule has 2 rings (SSSR count). The van der Waals surface area contributed by atoms with Crippen LogP contribution in [0.1, 0.15) is 31.2 Å². The molecule has 1 fully saturated rings. The van der Waals surface area contributed by atoms with Crippen LogP contribution < -0.4 is 5.73 Å². The van der Waals surface area contributed by atoms with Gasteiger partial charge in [0.25, 0.3) is 0 Å². The maximum atomic E-state index is 14.5. The summed E-state index contributed by atoms with van der Waals surface area (Å²) in [5.74, 6) is -0.398. The molecule has 0 amide bonds. The minimum atomic E-state index is -1.39. The van der Waals surface area contributed by atoms with Gasteiger partial charge < -0.3 is 5.73 Å². The molecule has 0 heterocycles. The van der Waals surface area contributed by atoms with Gasteiger partial charge >= 0.3 is 0 Å². The maximum absolute atomic E-state index is 14.5. The number of alkyl halides is 1. The first-order valence-corrected chi connectivity index (χ1v) is 6.25. The van der Waals surface area contributed by atoms with Crippen LogP contribution in [-0.2, 0) is 6.42 Å². The summed E-state index contributed by atoms with van der Waals surface area (Å²) in [6, 6.07) is 4.14. The molecule has 0 aliphatic heterocycles. The molecule has 0 radical (unpaired) electrons. The number of halogens is 3. The molecular formula is C13H16ClF2N. The van der Waals surface area contributed by atoms with E-state index in [1.807, 2.05) is 0 Å². The monoisotopic (exact) mass is 259 g/mol. The number of hydrogen-bond acceptors (Lipinski definition) is 1. The zero-order chi connectivity index (χ0) is 12.5. The minimum Gasteiger partial charge on any atom is -0.328 e. The van der Waals surface area contributed by atoms with E-state index in [9.17, 15) is 8.78 Å². The summed E-state index contributed by atoms with van der Waals surface area (Å²) < 4.78 is 28.1.